The quantitative estimate of drug-likeness (QED) is 0.0183. The van der Waals surface area contributed by atoms with Gasteiger partial charge in [0.15, 0.2) is 0 Å². The number of nitrogens with one attached hydrogen (secondary N) is 11. The predicted octanol–water partition coefficient (Wildman–Crippen LogP) is 8.44. The SMILES string of the molecule is CNc1nc(N)nc(N(C)Cc2ccc(C)o2)n1.CNc1nc(N)nc(NCc2ccc(C)o2)n1.CNc1nc(NC)nc(NCc2ccc(C)o2)n1.Cc1ccc(CN(C)c2nc(N)nc(N)n2)o1.Cc1ccc(CNc2nc(N(C)C)nc(N(C)C)n2)[nH]1.Cc1ccc(CNc2nc(N(C)C)nc(N(C)C)n2)o1.Cc1ccc(CNc2nc(N)nc(N(C)C)n2)o1.Cc1ccc(CNc2nc(N)nc(N)n2)o1. The molecule has 0 aromatic carbocycles. The second-order valence-electron chi connectivity index (χ2n) is 32.1. The van der Waals surface area contributed by atoms with E-state index in [1.54, 1.807) is 38.0 Å². The summed E-state index contributed by atoms with van der Waals surface area (Å²) in [7, 11) is 29.6. The van der Waals surface area contributed by atoms with Gasteiger partial charge >= 0.3 is 0 Å². The van der Waals surface area contributed by atoms with Crippen LogP contribution in [-0.2, 0) is 52.4 Å². The lowest BCUT2D eigenvalue weighted by Gasteiger charge is -2.16. The van der Waals surface area contributed by atoms with Gasteiger partial charge in [0.1, 0.15) is 80.6 Å². The largest absolute Gasteiger partial charge is 0.465 e. The molecule has 144 heavy (non-hydrogen) atoms. The fourth-order valence-electron chi connectivity index (χ4n) is 11.6. The van der Waals surface area contributed by atoms with E-state index in [1.165, 1.54) is 0 Å². The number of aromatic nitrogens is 25. The van der Waals surface area contributed by atoms with Crippen LogP contribution in [0.5, 0.6) is 0 Å². The van der Waals surface area contributed by atoms with Crippen molar-refractivity contribution in [2.75, 3.05) is 240 Å². The Kier molecular flexibility index (Phi) is 40.5. The Morgan fingerprint density at radius 2 is 0.417 bits per heavy atom. The number of nitrogens with two attached hydrogens (primary N) is 7. The van der Waals surface area contributed by atoms with Gasteiger partial charge < -0.3 is 164 Å². The van der Waals surface area contributed by atoms with E-state index < -0.39 is 0 Å². The minimum absolute atomic E-state index is 0.0885. The zero-order valence-corrected chi connectivity index (χ0v) is 85.2. The van der Waals surface area contributed by atoms with Gasteiger partial charge in [-0.25, -0.2) is 0 Å². The number of rotatable bonds is 33. The Hall–Kier alpha value is -18.5. The van der Waals surface area contributed by atoms with Crippen LogP contribution in [0.3, 0.4) is 0 Å². The molecule has 0 bridgehead atoms. The number of furan rings is 7. The van der Waals surface area contributed by atoms with Gasteiger partial charge in [-0.2, -0.15) is 120 Å². The Labute approximate surface area is 831 Å². The minimum Gasteiger partial charge on any atom is -0.465 e. The standard InChI is InChI=1S/C13H21N7.C13H20N6O.3C11H16N6O.2C10H14N6O.C9H12N6O/c1-9-6-7-10(15-9)8-14-11-16-12(19(2)3)18-13(17-11)20(4)5;1-9-6-7-10(20-9)8-14-11-15-12(18(2)3)17-13(16-11)19(4)5;1-7-4-5-8(18-7)6-13-10-14-9(12)15-11(16-10)17(2)3;1-7-4-5-8(18-7)6-17(3)11-15-9(12)14-10(13-2)16-11;1-7-4-5-8(18-7)6-14-11-16-9(12-2)15-10(13-3)17-11;1-6-3-4-7(17-6)5-16(2)10-14-8(11)13-9(12)15-10;1-6-3-4-7(17-6)5-13-10-15-8(11)14-9(12-2)16-10;1-5-2-3-6(16-5)4-12-9-14-7(10)13-8(11)15-9/h6-7,15H,8H2,1-5H3,(H,14,16,17,18);6-7H,8H2,1-5H3,(H,14,15,16,17);2*4-5H,6H2,1-3H3,(H3,12,13,14,15,16);4-5H,6H2,1-3H3,(H3,12,13,14,15,16,17);3-4H,5H2,1-2H3,(H4,11,12,13,14,15);3-4H,5H2,1-2H3,(H4,11,12,13,14,15,16);2-3H,4H2,1H3,(H5,10,11,12,13,14,15). The van der Waals surface area contributed by atoms with Gasteiger partial charge in [0, 0.05) is 124 Å². The van der Waals surface area contributed by atoms with Crippen molar-refractivity contribution >= 4 is 143 Å². The zero-order valence-electron chi connectivity index (χ0n) is 85.2. The molecular weight excluding hydrogens is 1860 g/mol. The van der Waals surface area contributed by atoms with Gasteiger partial charge in [-0.05, 0) is 152 Å². The van der Waals surface area contributed by atoms with E-state index in [9.17, 15) is 0 Å². The van der Waals surface area contributed by atoms with Crippen molar-refractivity contribution in [3.05, 3.63) is 189 Å². The average molecular weight is 1990 g/mol. The summed E-state index contributed by atoms with van der Waals surface area (Å²) in [5.41, 5.74) is 40.9. The molecule has 0 aliphatic heterocycles. The smallest absolute Gasteiger partial charge is 0.232 e. The molecule has 768 valence electrons. The summed E-state index contributed by atoms with van der Waals surface area (Å²) in [5.74, 6) is 21.4. The predicted molar refractivity (Wildman–Crippen MR) is 557 cm³/mol. The van der Waals surface area contributed by atoms with Crippen LogP contribution in [0.15, 0.2) is 128 Å². The fourth-order valence-corrected chi connectivity index (χ4v) is 11.6. The molecule has 0 unspecified atom stereocenters. The average Bonchev–Trinajstić information content (AvgIpc) is 1.83. The van der Waals surface area contributed by atoms with Gasteiger partial charge in [-0.1, -0.05) is 0 Å². The first kappa shape index (κ1) is 109. The highest BCUT2D eigenvalue weighted by Crippen LogP contribution is 2.23. The molecule has 16 rings (SSSR count). The molecule has 0 saturated carbocycles. The van der Waals surface area contributed by atoms with Crippen LogP contribution in [-0.4, -0.2) is 237 Å². The van der Waals surface area contributed by atoms with Crippen LogP contribution in [0.2, 0.25) is 0 Å². The molecule has 0 radical (unpaired) electrons. The molecule has 16 aromatic heterocycles. The molecule has 56 heteroatoms. The third-order valence-corrected chi connectivity index (χ3v) is 18.5. The Morgan fingerprint density at radius 3 is 0.694 bits per heavy atom. The number of hydrogen-bond acceptors (Lipinski definition) is 55. The van der Waals surface area contributed by atoms with Crippen molar-refractivity contribution < 1.29 is 30.9 Å². The van der Waals surface area contributed by atoms with E-state index in [1.807, 2.05) is 262 Å². The monoisotopic (exact) mass is 1980 g/mol. The van der Waals surface area contributed by atoms with Crippen LogP contribution in [0.25, 0.3) is 0 Å². The summed E-state index contributed by atoms with van der Waals surface area (Å²) in [6.45, 7) is 19.6. The van der Waals surface area contributed by atoms with Crippen molar-refractivity contribution in [1.82, 2.24) is 125 Å². The maximum Gasteiger partial charge on any atom is 0.232 e. The number of aryl methyl sites for hydroxylation is 8. The normalized spacial score (nSPS) is 10.4. The molecule has 0 atom stereocenters. The van der Waals surface area contributed by atoms with E-state index in [0.29, 0.717) is 153 Å². The molecule has 0 amide bonds. The summed E-state index contributed by atoms with van der Waals surface area (Å²) in [6.07, 6.45) is 0. The van der Waals surface area contributed by atoms with Gasteiger partial charge in [-0.15, -0.1) is 0 Å². The molecule has 16 heterocycles. The molecule has 0 saturated heterocycles. The lowest BCUT2D eigenvalue weighted by Crippen LogP contribution is -2.20. The highest BCUT2D eigenvalue weighted by molar-refractivity contribution is 5.49. The van der Waals surface area contributed by atoms with E-state index in [2.05, 4.69) is 178 Å². The maximum absolute atomic E-state index is 5.62. The lowest BCUT2D eigenvalue weighted by atomic mass is 10.4. The first-order valence-corrected chi connectivity index (χ1v) is 44.4. The molecule has 0 spiro atoms. The van der Waals surface area contributed by atoms with Crippen LogP contribution in [0.4, 0.5) is 143 Å². The van der Waals surface area contributed by atoms with Crippen LogP contribution < -0.4 is 128 Å². The number of nitrogen functional groups attached to an aromatic ring is 7. The van der Waals surface area contributed by atoms with E-state index in [0.717, 1.165) is 92.0 Å². The number of aromatic amines is 1. The second kappa shape index (κ2) is 53.5. The zero-order chi connectivity index (χ0) is 105. The van der Waals surface area contributed by atoms with Gasteiger partial charge in [-0.3, -0.25) is 0 Å². The van der Waals surface area contributed by atoms with Crippen LogP contribution >= 0.6 is 0 Å². The Balaban J connectivity index is 0.000000184. The molecular formula is C88H129N49O7. The van der Waals surface area contributed by atoms with Crippen molar-refractivity contribution in [3.8, 4) is 0 Å². The van der Waals surface area contributed by atoms with E-state index >= 15 is 0 Å². The summed E-state index contributed by atoms with van der Waals surface area (Å²) in [4.78, 5) is 114. The minimum atomic E-state index is 0.0885. The van der Waals surface area contributed by atoms with Gasteiger partial charge in [0.25, 0.3) is 0 Å². The summed E-state index contributed by atoms with van der Waals surface area (Å²) >= 11 is 0. The first-order chi connectivity index (χ1) is 68.6. The molecule has 0 fully saturated rings. The number of anilines is 24. The van der Waals surface area contributed by atoms with Crippen molar-refractivity contribution in [2.24, 2.45) is 0 Å². The van der Waals surface area contributed by atoms with Gasteiger partial charge in [0.2, 0.25) is 143 Å². The van der Waals surface area contributed by atoms with E-state index in [-0.39, 0.29) is 41.6 Å². The second-order valence-corrected chi connectivity index (χ2v) is 32.1. The third kappa shape index (κ3) is 37.1. The molecule has 0 aliphatic rings. The molecule has 0 aliphatic carbocycles. The number of nitrogens with zero attached hydrogens (tertiary/aromatic N) is 31. The summed E-state index contributed by atoms with van der Waals surface area (Å²) < 4.78 is 38.1. The highest BCUT2D eigenvalue weighted by Gasteiger charge is 2.18. The highest BCUT2D eigenvalue weighted by atomic mass is 16.4. The van der Waals surface area contributed by atoms with Crippen LogP contribution in [0.1, 0.15) is 92.0 Å². The molecule has 56 nitrogen and oxygen atoms in total. The summed E-state index contributed by atoms with van der Waals surface area (Å²) in [6, 6.07) is 30.8. The van der Waals surface area contributed by atoms with Gasteiger partial charge in [0.05, 0.1) is 52.4 Å². The lowest BCUT2D eigenvalue weighted by molar-refractivity contribution is 0.480. The van der Waals surface area contributed by atoms with E-state index in [4.69, 9.17) is 71.1 Å². The maximum atomic E-state index is 5.62. The van der Waals surface area contributed by atoms with Crippen molar-refractivity contribution in [3.63, 3.8) is 0 Å². The van der Waals surface area contributed by atoms with Crippen LogP contribution in [0, 0.1) is 55.4 Å². The van der Waals surface area contributed by atoms with Crippen molar-refractivity contribution in [1.29, 1.82) is 0 Å². The number of hydrogen-bond donors (Lipinski definition) is 18. The summed E-state index contributed by atoms with van der Waals surface area (Å²) in [5, 5.41) is 29.9. The Bertz CT molecular complexity index is 6350. The third-order valence-electron chi connectivity index (χ3n) is 18.5. The van der Waals surface area contributed by atoms with Crippen molar-refractivity contribution in [2.45, 2.75) is 108 Å². The molecule has 16 aromatic rings. The topological polar surface area (TPSA) is 742 Å². The Morgan fingerprint density at radius 1 is 0.215 bits per heavy atom. The first-order valence-electron chi connectivity index (χ1n) is 44.4. The number of H-pyrrole nitrogens is 1. The fraction of sp³-hybridized carbons (Fsp3) is 0.364. The molecule has 25 N–H and O–H groups in total.